The van der Waals surface area contributed by atoms with Crippen molar-refractivity contribution in [2.75, 3.05) is 41.8 Å². The Bertz CT molecular complexity index is 242. The summed E-state index contributed by atoms with van der Waals surface area (Å²) in [6, 6.07) is 2.12. The molecule has 0 rings (SSSR count). The van der Waals surface area contributed by atoms with Crippen LogP contribution in [0.25, 0.3) is 0 Å². The smallest absolute Gasteiger partial charge is 0.106 e. The third-order valence-corrected chi connectivity index (χ3v) is 5.44. The monoisotopic (exact) mass is 260 g/mol. The molecule has 1 N–H and O–H groups in total. The van der Waals surface area contributed by atoms with E-state index >= 15 is 0 Å². The summed E-state index contributed by atoms with van der Waals surface area (Å²) in [6.45, 7) is 2.67. The molecule has 0 saturated carbocycles. The first kappa shape index (κ1) is 16.8. The average molecular weight is 260 g/mol. The summed E-state index contributed by atoms with van der Waals surface area (Å²) in [6.07, 6.45) is 0.447. The zero-order chi connectivity index (χ0) is 13.4. The van der Waals surface area contributed by atoms with Crippen LogP contribution in [-0.2, 0) is 4.52 Å². The molecule has 0 aliphatic heterocycles. The Labute approximate surface area is 107 Å². The average Bonchev–Trinajstić information content (AvgIpc) is 2.26. The number of nitrogens with zero attached hydrogens (tertiary/aromatic N) is 3. The van der Waals surface area contributed by atoms with E-state index in [0.29, 0.717) is 18.8 Å². The summed E-state index contributed by atoms with van der Waals surface area (Å²) >= 11 is 0. The van der Waals surface area contributed by atoms with Crippen molar-refractivity contribution in [3.05, 3.63) is 0 Å². The van der Waals surface area contributed by atoms with Gasteiger partial charge in [0.1, 0.15) is 5.91 Å². The van der Waals surface area contributed by atoms with Crippen LogP contribution in [0.1, 0.15) is 13.3 Å². The van der Waals surface area contributed by atoms with E-state index in [2.05, 4.69) is 42.2 Å². The van der Waals surface area contributed by atoms with Crippen LogP contribution in [0.3, 0.4) is 0 Å². The summed E-state index contributed by atoms with van der Waals surface area (Å²) in [5.41, 5.74) is 0. The normalized spacial score (nSPS) is 16.9. The molecule has 3 unspecified atom stereocenters. The molecule has 0 aromatic carbocycles. The number of nitriles is 1. The number of rotatable bonds is 8. The molecule has 6 heteroatoms. The lowest BCUT2D eigenvalue weighted by Crippen LogP contribution is -2.42. The first-order chi connectivity index (χ1) is 7.95. The van der Waals surface area contributed by atoms with Crippen molar-refractivity contribution in [3.63, 3.8) is 0 Å². The Kier molecular flexibility index (Phi) is 8.67. The fraction of sp³-hybridized carbons (Fsp3) is 0.909. The maximum Gasteiger partial charge on any atom is 0.106 e. The van der Waals surface area contributed by atoms with Crippen molar-refractivity contribution in [1.29, 1.82) is 5.26 Å². The largest absolute Gasteiger partial charge is 0.354 e. The molecule has 0 radical (unpaired) electrons. The van der Waals surface area contributed by atoms with Crippen molar-refractivity contribution < 1.29 is 4.52 Å². The van der Waals surface area contributed by atoms with E-state index in [9.17, 15) is 0 Å². The molecule has 0 bridgehead atoms. The van der Waals surface area contributed by atoms with Crippen molar-refractivity contribution in [3.8, 4) is 6.07 Å². The van der Waals surface area contributed by atoms with Crippen LogP contribution in [0.15, 0.2) is 0 Å². The van der Waals surface area contributed by atoms with Crippen LogP contribution in [0.2, 0.25) is 0 Å². The molecule has 100 valence electrons. The number of hydrogen-bond acceptors (Lipinski definition) is 5. The fourth-order valence-electron chi connectivity index (χ4n) is 1.42. The second kappa shape index (κ2) is 8.79. The van der Waals surface area contributed by atoms with E-state index in [1.807, 2.05) is 21.1 Å². The molecule has 0 aromatic rings. The summed E-state index contributed by atoms with van der Waals surface area (Å²) in [5, 5.41) is 11.9. The topological polar surface area (TPSA) is 51.5 Å². The van der Waals surface area contributed by atoms with Gasteiger partial charge in [-0.25, -0.2) is 0 Å². The van der Waals surface area contributed by atoms with E-state index in [-0.39, 0.29) is 5.91 Å². The van der Waals surface area contributed by atoms with Gasteiger partial charge in [-0.3, -0.25) is 10.2 Å². The summed E-state index contributed by atoms with van der Waals surface area (Å²) in [7, 11) is 9.43. The van der Waals surface area contributed by atoms with E-state index in [1.54, 1.807) is 0 Å². The van der Waals surface area contributed by atoms with Gasteiger partial charge in [0, 0.05) is 0 Å². The predicted molar refractivity (Wildman–Crippen MR) is 72.8 cm³/mol. The predicted octanol–water partition coefficient (Wildman–Crippen LogP) is 1.29. The van der Waals surface area contributed by atoms with E-state index < -0.39 is 8.15 Å². The Morgan fingerprint density at radius 2 is 1.88 bits per heavy atom. The molecule has 5 nitrogen and oxygen atoms in total. The maximum absolute atomic E-state index is 8.57. The lowest BCUT2D eigenvalue weighted by Gasteiger charge is -2.37. The van der Waals surface area contributed by atoms with Gasteiger partial charge in [0.2, 0.25) is 0 Å². The van der Waals surface area contributed by atoms with E-state index in [4.69, 9.17) is 9.79 Å². The quantitative estimate of drug-likeness (QED) is 0.405. The van der Waals surface area contributed by atoms with Gasteiger partial charge >= 0.3 is 0 Å². The van der Waals surface area contributed by atoms with E-state index in [1.165, 1.54) is 0 Å². The van der Waals surface area contributed by atoms with Crippen LogP contribution in [0.5, 0.6) is 0 Å². The second-order valence-electron chi connectivity index (χ2n) is 4.32. The summed E-state index contributed by atoms with van der Waals surface area (Å²) in [4.78, 5) is 4.28. The van der Waals surface area contributed by atoms with Crippen LogP contribution < -0.4 is 5.32 Å². The molecule has 0 aliphatic carbocycles. The third kappa shape index (κ3) is 5.76. The van der Waals surface area contributed by atoms with Crippen LogP contribution in [0, 0.1) is 11.3 Å². The maximum atomic E-state index is 8.57. The SMILES string of the molecule is CNC(N(C)C)P(OCCC#N)C(C)N(C)C. The minimum absolute atomic E-state index is 0.195. The molecule has 0 saturated heterocycles. The minimum Gasteiger partial charge on any atom is -0.354 e. The molecule has 0 aliphatic rings. The van der Waals surface area contributed by atoms with Gasteiger partial charge in [0.15, 0.2) is 0 Å². The van der Waals surface area contributed by atoms with E-state index in [0.717, 1.165) is 0 Å². The Balaban J connectivity index is 4.64. The molecule has 0 amide bonds. The standard InChI is InChI=1S/C11H25N4OP/c1-10(14(3)4)17(16-9-7-8-12)11(13-2)15(5)6/h10-11,13H,7,9H2,1-6H3. The van der Waals surface area contributed by atoms with Gasteiger partial charge in [-0.2, -0.15) is 5.26 Å². The third-order valence-electron chi connectivity index (χ3n) is 2.56. The van der Waals surface area contributed by atoms with Gasteiger partial charge < -0.3 is 9.42 Å². The highest BCUT2D eigenvalue weighted by atomic mass is 31.1. The first-order valence-corrected chi connectivity index (χ1v) is 7.13. The van der Waals surface area contributed by atoms with Gasteiger partial charge in [-0.1, -0.05) is 0 Å². The zero-order valence-corrected chi connectivity index (χ0v) is 12.7. The zero-order valence-electron chi connectivity index (χ0n) is 11.8. The van der Waals surface area contributed by atoms with Crippen molar-refractivity contribution >= 4 is 8.15 Å². The Morgan fingerprint density at radius 1 is 1.29 bits per heavy atom. The molecule has 0 aromatic heterocycles. The molecular formula is C11H25N4OP. The van der Waals surface area contributed by atoms with Gasteiger partial charge in [-0.05, 0) is 42.2 Å². The van der Waals surface area contributed by atoms with Crippen LogP contribution in [0.4, 0.5) is 0 Å². The van der Waals surface area contributed by atoms with Gasteiger partial charge in [-0.15, -0.1) is 0 Å². The highest BCUT2D eigenvalue weighted by Gasteiger charge is 2.29. The Hall–Kier alpha value is -0.240. The lowest BCUT2D eigenvalue weighted by atomic mass is 10.5. The number of hydrogen-bond donors (Lipinski definition) is 1. The van der Waals surface area contributed by atoms with Crippen LogP contribution >= 0.6 is 8.15 Å². The second-order valence-corrected chi connectivity index (χ2v) is 6.54. The summed E-state index contributed by atoms with van der Waals surface area (Å²) < 4.78 is 5.92. The number of nitrogens with one attached hydrogen (secondary N) is 1. The molecule has 0 spiro atoms. The summed E-state index contributed by atoms with van der Waals surface area (Å²) in [5.74, 6) is 0.532. The molecule has 0 heterocycles. The molecule has 3 atom stereocenters. The van der Waals surface area contributed by atoms with Crippen molar-refractivity contribution in [1.82, 2.24) is 15.1 Å². The van der Waals surface area contributed by atoms with Gasteiger partial charge in [0.05, 0.1) is 33.0 Å². The molecular weight excluding hydrogens is 235 g/mol. The van der Waals surface area contributed by atoms with Crippen LogP contribution in [-0.4, -0.2) is 63.3 Å². The Morgan fingerprint density at radius 3 is 2.24 bits per heavy atom. The lowest BCUT2D eigenvalue weighted by molar-refractivity contribution is 0.268. The van der Waals surface area contributed by atoms with Crippen molar-refractivity contribution in [2.24, 2.45) is 0 Å². The highest BCUT2D eigenvalue weighted by molar-refractivity contribution is 7.53. The highest BCUT2D eigenvalue weighted by Crippen LogP contribution is 2.47. The first-order valence-electron chi connectivity index (χ1n) is 5.74. The fourth-order valence-corrected chi connectivity index (χ4v) is 3.65. The molecule has 17 heavy (non-hydrogen) atoms. The minimum atomic E-state index is -0.686. The van der Waals surface area contributed by atoms with Crippen molar-refractivity contribution in [2.45, 2.75) is 25.0 Å². The molecule has 0 fully saturated rings. The van der Waals surface area contributed by atoms with Gasteiger partial charge in [0.25, 0.3) is 0 Å².